The molecule has 0 aliphatic carbocycles. The molecule has 0 bridgehead atoms. The Labute approximate surface area is 126 Å². The normalized spacial score (nSPS) is 10.8. The van der Waals surface area contributed by atoms with Crippen LogP contribution in [0.4, 0.5) is 5.69 Å². The van der Waals surface area contributed by atoms with Crippen molar-refractivity contribution in [2.24, 2.45) is 0 Å². The van der Waals surface area contributed by atoms with Crippen molar-refractivity contribution >= 4 is 22.5 Å². The van der Waals surface area contributed by atoms with Crippen molar-refractivity contribution in [3.63, 3.8) is 0 Å². The number of hydrogen-bond donors (Lipinski definition) is 2. The number of amides is 1. The SMILES string of the molecule is CCc1c(C)c2ccc(NC(=O)c3ccno3)cc2[nH]c1=O. The Bertz CT molecular complexity index is 895. The summed E-state index contributed by atoms with van der Waals surface area (Å²) in [6, 6.07) is 6.89. The molecule has 3 aromatic rings. The summed E-state index contributed by atoms with van der Waals surface area (Å²) in [5.74, 6) is -0.257. The molecule has 0 radical (unpaired) electrons. The molecule has 6 nitrogen and oxygen atoms in total. The molecule has 0 atom stereocenters. The van der Waals surface area contributed by atoms with Gasteiger partial charge in [0.1, 0.15) is 0 Å². The fraction of sp³-hybridized carbons (Fsp3) is 0.188. The van der Waals surface area contributed by atoms with Gasteiger partial charge in [0.05, 0.1) is 11.7 Å². The summed E-state index contributed by atoms with van der Waals surface area (Å²) in [5, 5.41) is 7.17. The topological polar surface area (TPSA) is 88.0 Å². The molecule has 0 aliphatic heterocycles. The van der Waals surface area contributed by atoms with E-state index in [4.69, 9.17) is 4.52 Å². The minimum absolute atomic E-state index is 0.0915. The first-order valence-electron chi connectivity index (χ1n) is 6.97. The van der Waals surface area contributed by atoms with Crippen molar-refractivity contribution in [2.75, 3.05) is 5.32 Å². The van der Waals surface area contributed by atoms with E-state index in [1.807, 2.05) is 19.9 Å². The van der Waals surface area contributed by atoms with Crippen LogP contribution in [0.1, 0.15) is 28.6 Å². The first-order valence-corrected chi connectivity index (χ1v) is 6.97. The second-order valence-electron chi connectivity index (χ2n) is 5.00. The van der Waals surface area contributed by atoms with Crippen LogP contribution in [-0.2, 0) is 6.42 Å². The lowest BCUT2D eigenvalue weighted by atomic mass is 10.0. The molecule has 0 spiro atoms. The predicted molar refractivity (Wildman–Crippen MR) is 83.1 cm³/mol. The third-order valence-electron chi connectivity index (χ3n) is 3.67. The lowest BCUT2D eigenvalue weighted by molar-refractivity contribution is 0.0988. The van der Waals surface area contributed by atoms with Crippen molar-refractivity contribution in [3.8, 4) is 0 Å². The molecule has 22 heavy (non-hydrogen) atoms. The van der Waals surface area contributed by atoms with Crippen LogP contribution < -0.4 is 10.9 Å². The van der Waals surface area contributed by atoms with Gasteiger partial charge in [-0.15, -0.1) is 0 Å². The molecule has 0 unspecified atom stereocenters. The molecule has 6 heteroatoms. The lowest BCUT2D eigenvalue weighted by Gasteiger charge is -2.09. The highest BCUT2D eigenvalue weighted by Gasteiger charge is 2.12. The van der Waals surface area contributed by atoms with Gasteiger partial charge in [-0.1, -0.05) is 18.1 Å². The van der Waals surface area contributed by atoms with E-state index >= 15 is 0 Å². The van der Waals surface area contributed by atoms with E-state index in [9.17, 15) is 9.59 Å². The molecular formula is C16H15N3O3. The average Bonchev–Trinajstić information content (AvgIpc) is 3.01. The van der Waals surface area contributed by atoms with Crippen LogP contribution in [0.5, 0.6) is 0 Å². The van der Waals surface area contributed by atoms with E-state index < -0.39 is 0 Å². The van der Waals surface area contributed by atoms with Gasteiger partial charge in [0, 0.05) is 22.7 Å². The number of fused-ring (bicyclic) bond motifs is 1. The first kappa shape index (κ1) is 14.1. The van der Waals surface area contributed by atoms with Gasteiger partial charge >= 0.3 is 0 Å². The summed E-state index contributed by atoms with van der Waals surface area (Å²) in [6.07, 6.45) is 2.09. The molecule has 2 heterocycles. The highest BCUT2D eigenvalue weighted by molar-refractivity contribution is 6.03. The van der Waals surface area contributed by atoms with Crippen LogP contribution in [0.25, 0.3) is 10.9 Å². The van der Waals surface area contributed by atoms with Crippen LogP contribution in [0, 0.1) is 6.92 Å². The van der Waals surface area contributed by atoms with Gasteiger partial charge in [-0.25, -0.2) is 0 Å². The highest BCUT2D eigenvalue weighted by Crippen LogP contribution is 2.21. The summed E-state index contributed by atoms with van der Waals surface area (Å²) in [5.41, 5.74) is 2.93. The van der Waals surface area contributed by atoms with E-state index in [2.05, 4.69) is 15.5 Å². The number of anilines is 1. The Morgan fingerprint density at radius 3 is 2.86 bits per heavy atom. The van der Waals surface area contributed by atoms with Crippen molar-refractivity contribution in [1.29, 1.82) is 0 Å². The maximum Gasteiger partial charge on any atom is 0.294 e. The Kier molecular flexibility index (Phi) is 3.50. The van der Waals surface area contributed by atoms with Gasteiger partial charge < -0.3 is 14.8 Å². The van der Waals surface area contributed by atoms with Crippen molar-refractivity contribution in [2.45, 2.75) is 20.3 Å². The van der Waals surface area contributed by atoms with Gasteiger partial charge in [0.15, 0.2) is 0 Å². The summed E-state index contributed by atoms with van der Waals surface area (Å²) >= 11 is 0. The number of benzene rings is 1. The Hall–Kier alpha value is -2.89. The molecule has 0 saturated heterocycles. The number of aromatic nitrogens is 2. The summed E-state index contributed by atoms with van der Waals surface area (Å²) < 4.78 is 4.80. The third kappa shape index (κ3) is 2.39. The van der Waals surface area contributed by atoms with Crippen molar-refractivity contribution < 1.29 is 9.32 Å². The third-order valence-corrected chi connectivity index (χ3v) is 3.67. The molecule has 3 rings (SSSR count). The van der Waals surface area contributed by atoms with E-state index in [1.54, 1.807) is 12.1 Å². The van der Waals surface area contributed by atoms with E-state index in [-0.39, 0.29) is 17.2 Å². The maximum atomic E-state index is 12.0. The van der Waals surface area contributed by atoms with Crippen LogP contribution in [-0.4, -0.2) is 16.0 Å². The van der Waals surface area contributed by atoms with Gasteiger partial charge in [-0.05, 0) is 31.0 Å². The minimum atomic E-state index is -0.388. The number of nitrogens with one attached hydrogen (secondary N) is 2. The number of nitrogens with zero attached hydrogens (tertiary/aromatic N) is 1. The Balaban J connectivity index is 2.00. The summed E-state index contributed by atoms with van der Waals surface area (Å²) in [7, 11) is 0. The minimum Gasteiger partial charge on any atom is -0.351 e. The molecule has 2 N–H and O–H groups in total. The molecule has 0 fully saturated rings. The Morgan fingerprint density at radius 1 is 1.36 bits per heavy atom. The number of carbonyl (C=O) groups excluding carboxylic acids is 1. The van der Waals surface area contributed by atoms with Crippen molar-refractivity contribution in [1.82, 2.24) is 10.1 Å². The van der Waals surface area contributed by atoms with Gasteiger partial charge in [0.2, 0.25) is 5.76 Å². The van der Waals surface area contributed by atoms with E-state index in [0.29, 0.717) is 17.6 Å². The van der Waals surface area contributed by atoms with Gasteiger partial charge in [0.25, 0.3) is 11.5 Å². The quantitative estimate of drug-likeness (QED) is 0.778. The zero-order chi connectivity index (χ0) is 15.7. The number of aromatic amines is 1. The zero-order valence-electron chi connectivity index (χ0n) is 12.3. The zero-order valence-corrected chi connectivity index (χ0v) is 12.3. The van der Waals surface area contributed by atoms with Crippen LogP contribution >= 0.6 is 0 Å². The van der Waals surface area contributed by atoms with E-state index in [1.165, 1.54) is 12.3 Å². The van der Waals surface area contributed by atoms with Crippen molar-refractivity contribution in [3.05, 3.63) is 57.7 Å². The molecule has 2 aromatic heterocycles. The maximum absolute atomic E-state index is 12.0. The van der Waals surface area contributed by atoms with Gasteiger partial charge in [-0.3, -0.25) is 9.59 Å². The van der Waals surface area contributed by atoms with Crippen LogP contribution in [0.3, 0.4) is 0 Å². The number of aryl methyl sites for hydroxylation is 1. The second-order valence-corrected chi connectivity index (χ2v) is 5.00. The van der Waals surface area contributed by atoms with Gasteiger partial charge in [-0.2, -0.15) is 0 Å². The molecule has 1 aromatic carbocycles. The number of pyridine rings is 1. The summed E-state index contributed by atoms with van der Waals surface area (Å²) in [6.45, 7) is 3.89. The number of H-pyrrole nitrogens is 1. The summed E-state index contributed by atoms with van der Waals surface area (Å²) in [4.78, 5) is 26.8. The largest absolute Gasteiger partial charge is 0.351 e. The number of rotatable bonds is 3. The van der Waals surface area contributed by atoms with E-state index in [0.717, 1.165) is 16.5 Å². The number of carbonyl (C=O) groups is 1. The fourth-order valence-electron chi connectivity index (χ4n) is 2.53. The number of hydrogen-bond acceptors (Lipinski definition) is 4. The second kappa shape index (κ2) is 5.48. The molecule has 0 saturated carbocycles. The molecule has 1 amide bonds. The fourth-order valence-corrected chi connectivity index (χ4v) is 2.53. The monoisotopic (exact) mass is 297 g/mol. The molecule has 112 valence electrons. The average molecular weight is 297 g/mol. The molecular weight excluding hydrogens is 282 g/mol. The van der Waals surface area contributed by atoms with Crippen LogP contribution in [0.2, 0.25) is 0 Å². The smallest absolute Gasteiger partial charge is 0.294 e. The standard InChI is InChI=1S/C16H15N3O3/c1-3-11-9(2)12-5-4-10(8-13(12)19-15(11)20)18-16(21)14-6-7-17-22-14/h4-8H,3H2,1-2H3,(H,18,21)(H,19,20). The highest BCUT2D eigenvalue weighted by atomic mass is 16.5. The predicted octanol–water partition coefficient (Wildman–Crippen LogP) is 2.64. The lowest BCUT2D eigenvalue weighted by Crippen LogP contribution is -2.15. The van der Waals surface area contributed by atoms with Crippen LogP contribution in [0.15, 0.2) is 39.8 Å². The Morgan fingerprint density at radius 2 is 2.18 bits per heavy atom. The first-order chi connectivity index (χ1) is 10.6. The molecule has 0 aliphatic rings.